The summed E-state index contributed by atoms with van der Waals surface area (Å²) in [5.74, 6) is -1.27. The third-order valence-electron chi connectivity index (χ3n) is 9.62. The highest BCUT2D eigenvalue weighted by molar-refractivity contribution is 5.72. The van der Waals surface area contributed by atoms with Gasteiger partial charge in [-0.2, -0.15) is 0 Å². The van der Waals surface area contributed by atoms with Gasteiger partial charge in [-0.05, 0) is 122 Å². The number of hydrogen-bond donors (Lipinski definition) is 0. The fraction of sp³-hybridized carbons (Fsp3) is 0.444. The normalized spacial score (nSPS) is 13.7. The molecule has 0 aliphatic rings. The summed E-state index contributed by atoms with van der Waals surface area (Å²) < 4.78 is 16.5. The Morgan fingerprint density at radius 3 is 0.884 bits per heavy atom. The van der Waals surface area contributed by atoms with Crippen LogP contribution >= 0.6 is 0 Å². The maximum absolute atomic E-state index is 12.7. The van der Waals surface area contributed by atoms with Crippen molar-refractivity contribution in [1.82, 2.24) is 0 Å². The van der Waals surface area contributed by atoms with Crippen molar-refractivity contribution in [3.63, 3.8) is 0 Å². The number of rotatable bonds is 43. The van der Waals surface area contributed by atoms with Gasteiger partial charge in [-0.1, -0.05) is 215 Å². The van der Waals surface area contributed by atoms with Gasteiger partial charge < -0.3 is 14.2 Å². The lowest BCUT2D eigenvalue weighted by Crippen LogP contribution is -2.30. The zero-order valence-corrected chi connectivity index (χ0v) is 43.0. The predicted octanol–water partition coefficient (Wildman–Crippen LogP) is 17.5. The average Bonchev–Trinajstić information content (AvgIpc) is 3.35. The topological polar surface area (TPSA) is 78.9 Å². The Balaban J connectivity index is 4.69. The van der Waals surface area contributed by atoms with Crippen LogP contribution in [0.5, 0.6) is 0 Å². The van der Waals surface area contributed by atoms with Gasteiger partial charge in [0.05, 0.1) is 6.42 Å². The quantitative estimate of drug-likeness (QED) is 0.0262. The standard InChI is InChI=1S/C63H90O6/c1-4-7-10-13-16-19-22-25-27-28-29-30-31-32-33-34-36-38-41-44-47-50-53-56-62(65)68-59-60(58-67-61(64)55-52-49-46-43-40-37-24-21-18-15-12-9-6-3)69-63(66)57-54-51-48-45-42-39-35-26-23-20-17-14-11-8-5-2/h7-12,16-21,25-27,29-30,32-33,35-38,40,42,44-47,49,51,54,60H,4-6,13-15,22-24,28,31,34,39,41,43,48,50,52-53,55-59H2,1-3H3/b10-7-,11-8-,12-9-,19-16-,20-17-,21-18-,27-25-,30-29-,33-32-,35-26-,38-36-,40-37-,45-42-,47-44-,49-46-,54-51-. The molecule has 0 rings (SSSR count). The monoisotopic (exact) mass is 943 g/mol. The van der Waals surface area contributed by atoms with Gasteiger partial charge in [-0.25, -0.2) is 0 Å². The van der Waals surface area contributed by atoms with Crippen molar-refractivity contribution in [2.75, 3.05) is 13.2 Å². The minimum atomic E-state index is -0.896. The zero-order valence-electron chi connectivity index (χ0n) is 43.0. The Morgan fingerprint density at radius 2 is 0.565 bits per heavy atom. The lowest BCUT2D eigenvalue weighted by atomic mass is 10.2. The van der Waals surface area contributed by atoms with E-state index in [-0.39, 0.29) is 38.4 Å². The van der Waals surface area contributed by atoms with Crippen molar-refractivity contribution in [2.45, 2.75) is 168 Å². The summed E-state index contributed by atoms with van der Waals surface area (Å²) in [4.78, 5) is 37.9. The summed E-state index contributed by atoms with van der Waals surface area (Å²) in [6.07, 6.45) is 84.6. The van der Waals surface area contributed by atoms with E-state index < -0.39 is 18.0 Å². The first kappa shape index (κ1) is 63.2. The van der Waals surface area contributed by atoms with Gasteiger partial charge in [0, 0.05) is 12.8 Å². The largest absolute Gasteiger partial charge is 0.462 e. The molecule has 0 N–H and O–H groups in total. The molecule has 378 valence electrons. The Morgan fingerprint density at radius 1 is 0.304 bits per heavy atom. The lowest BCUT2D eigenvalue weighted by Gasteiger charge is -2.18. The number of ether oxygens (including phenoxy) is 3. The van der Waals surface area contributed by atoms with E-state index in [4.69, 9.17) is 14.2 Å². The third-order valence-corrected chi connectivity index (χ3v) is 9.62. The van der Waals surface area contributed by atoms with E-state index in [1.54, 1.807) is 6.08 Å². The Kier molecular flexibility index (Phi) is 50.3. The van der Waals surface area contributed by atoms with Gasteiger partial charge in [-0.15, -0.1) is 0 Å². The predicted molar refractivity (Wildman–Crippen MR) is 297 cm³/mol. The van der Waals surface area contributed by atoms with E-state index in [0.29, 0.717) is 19.3 Å². The first-order valence-corrected chi connectivity index (χ1v) is 25.9. The zero-order chi connectivity index (χ0) is 50.0. The van der Waals surface area contributed by atoms with Gasteiger partial charge in [-0.3, -0.25) is 14.4 Å². The molecule has 0 aromatic carbocycles. The molecule has 6 heteroatoms. The summed E-state index contributed by atoms with van der Waals surface area (Å²) in [5.41, 5.74) is 0. The van der Waals surface area contributed by atoms with Crippen molar-refractivity contribution in [2.24, 2.45) is 0 Å². The van der Waals surface area contributed by atoms with Gasteiger partial charge in [0.2, 0.25) is 0 Å². The maximum atomic E-state index is 12.7. The first-order chi connectivity index (χ1) is 34.0. The third kappa shape index (κ3) is 53.1. The number of carbonyl (C=O) groups excluding carboxylic acids is 3. The molecular weight excluding hydrogens is 853 g/mol. The van der Waals surface area contributed by atoms with Crippen molar-refractivity contribution in [3.8, 4) is 0 Å². The first-order valence-electron chi connectivity index (χ1n) is 25.9. The number of allylic oxidation sites excluding steroid dienone is 31. The molecule has 0 saturated heterocycles. The van der Waals surface area contributed by atoms with Crippen LogP contribution < -0.4 is 0 Å². The lowest BCUT2D eigenvalue weighted by molar-refractivity contribution is -0.166. The van der Waals surface area contributed by atoms with Gasteiger partial charge in [0.1, 0.15) is 13.2 Å². The molecule has 1 atom stereocenters. The van der Waals surface area contributed by atoms with Crippen molar-refractivity contribution in [3.05, 3.63) is 194 Å². The summed E-state index contributed by atoms with van der Waals surface area (Å²) in [5, 5.41) is 0. The molecule has 0 amide bonds. The number of esters is 3. The molecule has 0 fully saturated rings. The number of hydrogen-bond acceptors (Lipinski definition) is 6. The summed E-state index contributed by atoms with van der Waals surface area (Å²) >= 11 is 0. The second kappa shape index (κ2) is 54.9. The highest BCUT2D eigenvalue weighted by Gasteiger charge is 2.19. The second-order valence-electron chi connectivity index (χ2n) is 15.9. The highest BCUT2D eigenvalue weighted by Crippen LogP contribution is 2.07. The minimum Gasteiger partial charge on any atom is -0.462 e. The van der Waals surface area contributed by atoms with Crippen LogP contribution in [-0.2, 0) is 28.6 Å². The molecule has 0 saturated carbocycles. The molecule has 0 aliphatic carbocycles. The van der Waals surface area contributed by atoms with E-state index in [0.717, 1.165) is 103 Å². The molecular formula is C63H90O6. The Labute approximate surface area is 420 Å². The second-order valence-corrected chi connectivity index (χ2v) is 15.9. The molecule has 0 radical (unpaired) electrons. The number of unbranched alkanes of at least 4 members (excludes halogenated alkanes) is 1. The van der Waals surface area contributed by atoms with Gasteiger partial charge >= 0.3 is 17.9 Å². The molecule has 0 bridgehead atoms. The van der Waals surface area contributed by atoms with Crippen LogP contribution in [0.25, 0.3) is 0 Å². The Bertz CT molecular complexity index is 1750. The molecule has 0 aliphatic heterocycles. The molecule has 0 spiro atoms. The number of carbonyl (C=O) groups is 3. The van der Waals surface area contributed by atoms with Crippen LogP contribution in [0.3, 0.4) is 0 Å². The SMILES string of the molecule is CC/C=C\C/C=C\C/C=C\C/C=C\C/C=C\C/C=C\C/C=C\CCCC(=O)OCC(COC(=O)CC/C=C\C/C=C\C/C=C\C/C=C\CC)OC(=O)C/C=C\C/C=C\C/C=C\C/C=C\C/C=C\CC. The van der Waals surface area contributed by atoms with E-state index in [9.17, 15) is 14.4 Å². The Hall–Kier alpha value is -5.75. The van der Waals surface area contributed by atoms with Crippen LogP contribution in [-0.4, -0.2) is 37.2 Å². The maximum Gasteiger partial charge on any atom is 0.310 e. The van der Waals surface area contributed by atoms with Crippen molar-refractivity contribution < 1.29 is 28.6 Å². The van der Waals surface area contributed by atoms with Crippen LogP contribution in [0, 0.1) is 0 Å². The molecule has 0 aromatic rings. The van der Waals surface area contributed by atoms with E-state index in [1.807, 2.05) is 18.2 Å². The summed E-state index contributed by atoms with van der Waals surface area (Å²) in [7, 11) is 0. The van der Waals surface area contributed by atoms with Crippen molar-refractivity contribution >= 4 is 17.9 Å². The summed E-state index contributed by atoms with van der Waals surface area (Å²) in [6.45, 7) is 6.05. The van der Waals surface area contributed by atoms with Crippen LogP contribution in [0.15, 0.2) is 194 Å². The van der Waals surface area contributed by atoms with Crippen molar-refractivity contribution in [1.29, 1.82) is 0 Å². The molecule has 69 heavy (non-hydrogen) atoms. The summed E-state index contributed by atoms with van der Waals surface area (Å²) in [6, 6.07) is 0. The average molecular weight is 943 g/mol. The molecule has 1 unspecified atom stereocenters. The van der Waals surface area contributed by atoms with Crippen LogP contribution in [0.1, 0.15) is 162 Å². The smallest absolute Gasteiger partial charge is 0.310 e. The molecule has 0 heterocycles. The van der Waals surface area contributed by atoms with Gasteiger partial charge in [0.25, 0.3) is 0 Å². The van der Waals surface area contributed by atoms with E-state index in [1.165, 1.54) is 0 Å². The highest BCUT2D eigenvalue weighted by atomic mass is 16.6. The fourth-order valence-electron chi connectivity index (χ4n) is 5.87. The van der Waals surface area contributed by atoms with Gasteiger partial charge in [0.15, 0.2) is 6.10 Å². The van der Waals surface area contributed by atoms with E-state index in [2.05, 4.69) is 191 Å². The molecule has 0 aromatic heterocycles. The fourth-order valence-corrected chi connectivity index (χ4v) is 5.87. The van der Waals surface area contributed by atoms with E-state index >= 15 is 0 Å². The van der Waals surface area contributed by atoms with Crippen LogP contribution in [0.2, 0.25) is 0 Å². The minimum absolute atomic E-state index is 0.0582. The van der Waals surface area contributed by atoms with Crippen LogP contribution in [0.4, 0.5) is 0 Å². The molecule has 6 nitrogen and oxygen atoms in total.